The van der Waals surface area contributed by atoms with Crippen LogP contribution in [0.2, 0.25) is 0 Å². The molecule has 0 aliphatic carbocycles. The first-order chi connectivity index (χ1) is 10.3. The van der Waals surface area contributed by atoms with Crippen LogP contribution in [-0.2, 0) is 9.59 Å². The molecule has 0 saturated heterocycles. The Morgan fingerprint density at radius 1 is 1.09 bits per heavy atom. The maximum absolute atomic E-state index is 13.1. The molecule has 0 aromatic carbocycles. The highest BCUT2D eigenvalue weighted by Gasteiger charge is 2.61. The molecule has 0 rings (SSSR count). The molecule has 0 fully saturated rings. The van der Waals surface area contributed by atoms with E-state index >= 15 is 0 Å². The SMILES string of the molecule is CCCN(CCCO)C(=O)C(C)(NC(=O)C(F)(F)F)C(F)(F)F. The minimum atomic E-state index is -5.56. The number of amides is 2. The minimum Gasteiger partial charge on any atom is -0.396 e. The summed E-state index contributed by atoms with van der Waals surface area (Å²) in [4.78, 5) is 23.7. The first-order valence-corrected chi connectivity index (χ1v) is 6.67. The number of halogens is 6. The van der Waals surface area contributed by atoms with Crippen LogP contribution in [0, 0.1) is 0 Å². The zero-order valence-corrected chi connectivity index (χ0v) is 12.5. The van der Waals surface area contributed by atoms with Gasteiger partial charge in [0.15, 0.2) is 0 Å². The summed E-state index contributed by atoms with van der Waals surface area (Å²) in [6.07, 6.45) is -10.8. The van der Waals surface area contributed by atoms with Gasteiger partial charge in [0, 0.05) is 19.7 Å². The van der Waals surface area contributed by atoms with Crippen LogP contribution in [0.1, 0.15) is 26.7 Å². The molecule has 0 aromatic heterocycles. The number of aliphatic hydroxyl groups excluding tert-OH is 1. The van der Waals surface area contributed by atoms with Gasteiger partial charge in [-0.2, -0.15) is 26.3 Å². The summed E-state index contributed by atoms with van der Waals surface area (Å²) in [6.45, 7) is 0.882. The normalized spacial score (nSPS) is 15.0. The number of aliphatic hydroxyl groups is 1. The van der Waals surface area contributed by atoms with Crippen LogP contribution in [0.3, 0.4) is 0 Å². The molecule has 0 heterocycles. The summed E-state index contributed by atoms with van der Waals surface area (Å²) >= 11 is 0. The quantitative estimate of drug-likeness (QED) is 0.684. The third-order valence-electron chi connectivity index (χ3n) is 2.98. The highest BCUT2D eigenvalue weighted by atomic mass is 19.4. The van der Waals surface area contributed by atoms with Gasteiger partial charge in [-0.15, -0.1) is 0 Å². The number of hydrogen-bond acceptors (Lipinski definition) is 3. The Balaban J connectivity index is 5.59. The molecule has 0 aliphatic heterocycles. The van der Waals surface area contributed by atoms with Crippen LogP contribution in [0.15, 0.2) is 0 Å². The molecular weight excluding hydrogens is 334 g/mol. The van der Waals surface area contributed by atoms with Crippen molar-refractivity contribution in [2.45, 2.75) is 44.6 Å². The molecule has 0 aliphatic rings. The van der Waals surface area contributed by atoms with E-state index in [4.69, 9.17) is 5.11 Å². The summed E-state index contributed by atoms with van der Waals surface area (Å²) < 4.78 is 76.2. The highest BCUT2D eigenvalue weighted by molar-refractivity contribution is 5.93. The fraction of sp³-hybridized carbons (Fsp3) is 0.833. The first kappa shape index (κ1) is 21.5. The monoisotopic (exact) mass is 352 g/mol. The number of carbonyl (C=O) groups excluding carboxylic acids is 2. The van der Waals surface area contributed by atoms with Gasteiger partial charge in [-0.3, -0.25) is 9.59 Å². The van der Waals surface area contributed by atoms with Gasteiger partial charge < -0.3 is 15.3 Å². The van der Waals surface area contributed by atoms with E-state index in [1.54, 1.807) is 6.92 Å². The van der Waals surface area contributed by atoms with E-state index in [0.717, 1.165) is 5.32 Å². The second kappa shape index (κ2) is 7.84. The van der Waals surface area contributed by atoms with Crippen molar-refractivity contribution >= 4 is 11.8 Å². The average Bonchev–Trinajstić information content (AvgIpc) is 2.40. The van der Waals surface area contributed by atoms with Crippen molar-refractivity contribution in [3.8, 4) is 0 Å². The van der Waals surface area contributed by atoms with E-state index < -0.39 is 36.3 Å². The van der Waals surface area contributed by atoms with Gasteiger partial charge in [-0.05, 0) is 19.8 Å². The van der Waals surface area contributed by atoms with Crippen LogP contribution < -0.4 is 5.32 Å². The molecule has 136 valence electrons. The third-order valence-corrected chi connectivity index (χ3v) is 2.98. The van der Waals surface area contributed by atoms with E-state index in [0.29, 0.717) is 4.90 Å². The topological polar surface area (TPSA) is 69.6 Å². The predicted octanol–water partition coefficient (Wildman–Crippen LogP) is 1.61. The van der Waals surface area contributed by atoms with Crippen LogP contribution in [0.25, 0.3) is 0 Å². The summed E-state index contributed by atoms with van der Waals surface area (Å²) in [7, 11) is 0. The molecule has 0 saturated carbocycles. The second-order valence-electron chi connectivity index (χ2n) is 4.94. The number of hydrogen-bond donors (Lipinski definition) is 2. The fourth-order valence-electron chi connectivity index (χ4n) is 1.71. The van der Waals surface area contributed by atoms with Gasteiger partial charge in [0.25, 0.3) is 5.91 Å². The molecule has 23 heavy (non-hydrogen) atoms. The van der Waals surface area contributed by atoms with E-state index in [-0.39, 0.29) is 32.9 Å². The lowest BCUT2D eigenvalue weighted by Gasteiger charge is -2.36. The number of nitrogens with one attached hydrogen (secondary N) is 1. The Labute approximate surface area is 128 Å². The van der Waals surface area contributed by atoms with Crippen molar-refractivity contribution < 1.29 is 41.0 Å². The van der Waals surface area contributed by atoms with E-state index in [1.807, 2.05) is 0 Å². The number of rotatable bonds is 7. The number of alkyl halides is 6. The van der Waals surface area contributed by atoms with Crippen LogP contribution >= 0.6 is 0 Å². The summed E-state index contributed by atoms with van der Waals surface area (Å²) in [5, 5.41) is 9.45. The van der Waals surface area contributed by atoms with Crippen molar-refractivity contribution in [1.29, 1.82) is 0 Å². The summed E-state index contributed by atoms with van der Waals surface area (Å²) in [5.74, 6) is -4.57. The molecule has 1 atom stereocenters. The van der Waals surface area contributed by atoms with Gasteiger partial charge in [0.05, 0.1) is 0 Å². The molecule has 11 heteroatoms. The van der Waals surface area contributed by atoms with Gasteiger partial charge in [-0.1, -0.05) is 6.92 Å². The Bertz CT molecular complexity index is 424. The van der Waals surface area contributed by atoms with Gasteiger partial charge in [0.2, 0.25) is 5.54 Å². The first-order valence-electron chi connectivity index (χ1n) is 6.67. The third kappa shape index (κ3) is 5.56. The minimum absolute atomic E-state index is 0.0487. The lowest BCUT2D eigenvalue weighted by Crippen LogP contribution is -2.67. The maximum atomic E-state index is 13.1. The zero-order valence-electron chi connectivity index (χ0n) is 12.5. The molecule has 0 bridgehead atoms. The van der Waals surface area contributed by atoms with E-state index in [9.17, 15) is 35.9 Å². The van der Waals surface area contributed by atoms with Crippen LogP contribution in [-0.4, -0.2) is 59.4 Å². The standard InChI is InChI=1S/C12H18F6N2O3/c1-3-5-20(6-4-7-21)9(23)10(2,12(16,17)18)19-8(22)11(13,14)15/h21H,3-7H2,1-2H3,(H,19,22). The largest absolute Gasteiger partial charge is 0.471 e. The maximum Gasteiger partial charge on any atom is 0.471 e. The summed E-state index contributed by atoms with van der Waals surface area (Å²) in [6, 6.07) is 0. The Morgan fingerprint density at radius 2 is 1.61 bits per heavy atom. The highest BCUT2D eigenvalue weighted by Crippen LogP contribution is 2.33. The van der Waals surface area contributed by atoms with Crippen molar-refractivity contribution in [3.63, 3.8) is 0 Å². The van der Waals surface area contributed by atoms with E-state index in [1.165, 1.54) is 0 Å². The predicted molar refractivity (Wildman–Crippen MR) is 67.2 cm³/mol. The lowest BCUT2D eigenvalue weighted by molar-refractivity contribution is -0.211. The Kier molecular flexibility index (Phi) is 7.32. The van der Waals surface area contributed by atoms with Gasteiger partial charge in [0.1, 0.15) is 0 Å². The van der Waals surface area contributed by atoms with Crippen molar-refractivity contribution in [1.82, 2.24) is 10.2 Å². The van der Waals surface area contributed by atoms with Crippen LogP contribution in [0.4, 0.5) is 26.3 Å². The second-order valence-corrected chi connectivity index (χ2v) is 4.94. The summed E-state index contributed by atoms with van der Waals surface area (Å²) in [5.41, 5.74) is -3.72. The Hall–Kier alpha value is -1.52. The number of carbonyl (C=O) groups is 2. The Morgan fingerprint density at radius 3 is 1.96 bits per heavy atom. The van der Waals surface area contributed by atoms with Crippen molar-refractivity contribution in [2.75, 3.05) is 19.7 Å². The molecule has 0 radical (unpaired) electrons. The smallest absolute Gasteiger partial charge is 0.396 e. The van der Waals surface area contributed by atoms with Crippen molar-refractivity contribution in [3.05, 3.63) is 0 Å². The average molecular weight is 352 g/mol. The zero-order chi connectivity index (χ0) is 18.5. The molecule has 2 amide bonds. The fourth-order valence-corrected chi connectivity index (χ4v) is 1.71. The van der Waals surface area contributed by atoms with Gasteiger partial charge in [-0.25, -0.2) is 0 Å². The molecule has 0 spiro atoms. The molecular formula is C12H18F6N2O3. The van der Waals surface area contributed by atoms with E-state index in [2.05, 4.69) is 0 Å². The molecule has 2 N–H and O–H groups in total. The molecule has 0 aromatic rings. The van der Waals surface area contributed by atoms with Gasteiger partial charge >= 0.3 is 18.3 Å². The molecule has 5 nitrogen and oxygen atoms in total. The van der Waals surface area contributed by atoms with Crippen molar-refractivity contribution in [2.24, 2.45) is 0 Å². The lowest BCUT2D eigenvalue weighted by atomic mass is 9.98. The number of nitrogens with zero attached hydrogens (tertiary/aromatic N) is 1. The molecule has 1 unspecified atom stereocenters. The van der Waals surface area contributed by atoms with Crippen LogP contribution in [0.5, 0.6) is 0 Å².